The summed E-state index contributed by atoms with van der Waals surface area (Å²) >= 11 is 0. The number of likely N-dealkylation sites (tertiary alicyclic amines) is 1. The van der Waals surface area contributed by atoms with Crippen molar-refractivity contribution in [3.05, 3.63) is 84.6 Å². The molecule has 0 radical (unpaired) electrons. The summed E-state index contributed by atoms with van der Waals surface area (Å²) in [6.45, 7) is 12.1. The summed E-state index contributed by atoms with van der Waals surface area (Å²) in [7, 11) is 5.49. The molecule has 278 valence electrons. The van der Waals surface area contributed by atoms with E-state index in [9.17, 15) is 4.79 Å². The van der Waals surface area contributed by atoms with Crippen LogP contribution in [0.25, 0.3) is 16.6 Å². The van der Waals surface area contributed by atoms with E-state index in [0.717, 1.165) is 90.3 Å². The number of aromatic nitrogens is 5. The van der Waals surface area contributed by atoms with Crippen LogP contribution < -0.4 is 10.1 Å². The Morgan fingerprint density at radius 3 is 2.46 bits per heavy atom. The number of imidazole rings is 1. The molecular weight excluding hydrogens is 654 g/mol. The van der Waals surface area contributed by atoms with Crippen LogP contribution in [0.1, 0.15) is 76.8 Å². The van der Waals surface area contributed by atoms with Crippen LogP contribution in [0.2, 0.25) is 0 Å². The number of ether oxygens (including phenoxy) is 3. The van der Waals surface area contributed by atoms with Crippen molar-refractivity contribution in [1.82, 2.24) is 29.0 Å². The second kappa shape index (κ2) is 18.1. The molecule has 3 aromatic heterocycles. The van der Waals surface area contributed by atoms with Crippen molar-refractivity contribution in [1.29, 1.82) is 0 Å². The fraction of sp³-hybridized carbons (Fsp3) is 0.463. The van der Waals surface area contributed by atoms with Crippen LogP contribution in [0, 0.1) is 12.8 Å². The Morgan fingerprint density at radius 1 is 1.02 bits per heavy atom. The number of allylic oxidation sites excluding steroid dienone is 1. The second-order valence-electron chi connectivity index (χ2n) is 13.9. The zero-order valence-corrected chi connectivity index (χ0v) is 32.0. The minimum Gasteiger partial charge on any atom is -0.457 e. The van der Waals surface area contributed by atoms with Crippen molar-refractivity contribution in [3.63, 3.8) is 0 Å². The van der Waals surface area contributed by atoms with E-state index >= 15 is 0 Å². The number of nitrogens with zero attached hydrogens (tertiary/aromatic N) is 6. The van der Waals surface area contributed by atoms with Crippen LogP contribution in [0.5, 0.6) is 11.5 Å². The van der Waals surface area contributed by atoms with Gasteiger partial charge < -0.3 is 29.0 Å². The fourth-order valence-corrected chi connectivity index (χ4v) is 6.86. The molecule has 52 heavy (non-hydrogen) atoms. The van der Waals surface area contributed by atoms with Gasteiger partial charge in [0.2, 0.25) is 5.91 Å². The minimum absolute atomic E-state index is 0.104. The van der Waals surface area contributed by atoms with Crippen molar-refractivity contribution in [2.75, 3.05) is 32.6 Å². The molecule has 1 N–H and O–H groups in total. The van der Waals surface area contributed by atoms with E-state index in [1.807, 2.05) is 77.5 Å². The van der Waals surface area contributed by atoms with Crippen molar-refractivity contribution in [2.24, 2.45) is 13.0 Å². The highest BCUT2D eigenvalue weighted by atomic mass is 16.5. The predicted octanol–water partition coefficient (Wildman–Crippen LogP) is 8.61. The maximum atomic E-state index is 12.4. The molecule has 1 aliphatic rings. The lowest BCUT2D eigenvalue weighted by Crippen LogP contribution is -2.36. The molecule has 6 rings (SSSR count). The number of carbonyl (C=O) groups is 1. The van der Waals surface area contributed by atoms with E-state index in [1.165, 1.54) is 5.56 Å². The van der Waals surface area contributed by atoms with Gasteiger partial charge in [-0.15, -0.1) is 0 Å². The first-order chi connectivity index (χ1) is 25.1. The SMILES string of the molecule is CC/C=C/C(=O)N1CCC(c2ccn3ncnc(Nc4ccc(Oc5ccc6c(c5)ncn6C)c(C)c4)c23)CC1.CCC(OC)C(CC(C)C)OC. The van der Waals surface area contributed by atoms with Gasteiger partial charge in [-0.1, -0.05) is 33.8 Å². The number of piperidine rings is 1. The first kappa shape index (κ1) is 38.5. The van der Waals surface area contributed by atoms with E-state index < -0.39 is 0 Å². The lowest BCUT2D eigenvalue weighted by molar-refractivity contribution is -0.127. The smallest absolute Gasteiger partial charge is 0.246 e. The predicted molar refractivity (Wildman–Crippen MR) is 208 cm³/mol. The summed E-state index contributed by atoms with van der Waals surface area (Å²) < 4.78 is 20.8. The molecule has 0 saturated carbocycles. The van der Waals surface area contributed by atoms with E-state index in [4.69, 9.17) is 14.2 Å². The molecule has 0 bridgehead atoms. The Labute approximate surface area is 308 Å². The summed E-state index contributed by atoms with van der Waals surface area (Å²) in [5.74, 6) is 3.40. The molecule has 1 fully saturated rings. The molecule has 1 aliphatic heterocycles. The highest BCUT2D eigenvalue weighted by molar-refractivity contribution is 5.87. The molecule has 11 nitrogen and oxygen atoms in total. The van der Waals surface area contributed by atoms with Crippen molar-refractivity contribution < 1.29 is 19.0 Å². The molecule has 2 aromatic carbocycles. The Hall–Kier alpha value is -4.74. The maximum absolute atomic E-state index is 12.4. The number of nitrogens with one attached hydrogen (secondary N) is 1. The first-order valence-electron chi connectivity index (χ1n) is 18.4. The lowest BCUT2D eigenvalue weighted by atomic mass is 9.90. The van der Waals surface area contributed by atoms with Crippen molar-refractivity contribution in [3.8, 4) is 11.5 Å². The standard InChI is InChI=1S/C31H33N7O2.C10H22O2/c1-4-5-6-29(39)37-14-11-22(12-15-37)25-13-16-38-30(25)31(32-19-34-38)35-23-7-10-28(21(2)17-23)40-24-8-9-27-26(18-24)33-20-36(27)3;1-6-9(11-4)10(12-5)7-8(2)3/h5-10,13,16-20,22H,4,11-12,14-15H2,1-3H3,(H,32,34,35);8-10H,6-7H2,1-5H3/b6-5+;. The zero-order chi connectivity index (χ0) is 37.2. The maximum Gasteiger partial charge on any atom is 0.246 e. The van der Waals surface area contributed by atoms with Gasteiger partial charge in [-0.05, 0) is 104 Å². The van der Waals surface area contributed by atoms with Gasteiger partial charge in [0, 0.05) is 52.3 Å². The lowest BCUT2D eigenvalue weighted by Gasteiger charge is -2.31. The molecule has 11 heteroatoms. The van der Waals surface area contributed by atoms with Gasteiger partial charge >= 0.3 is 0 Å². The number of rotatable bonds is 13. The van der Waals surface area contributed by atoms with Gasteiger partial charge in [-0.3, -0.25) is 4.79 Å². The van der Waals surface area contributed by atoms with E-state index in [2.05, 4.69) is 53.3 Å². The quantitative estimate of drug-likeness (QED) is 0.121. The van der Waals surface area contributed by atoms with Crippen LogP contribution in [0.15, 0.2) is 73.5 Å². The van der Waals surface area contributed by atoms with Crippen LogP contribution >= 0.6 is 0 Å². The number of methoxy groups -OCH3 is 2. The zero-order valence-electron chi connectivity index (χ0n) is 32.0. The largest absolute Gasteiger partial charge is 0.457 e. The third kappa shape index (κ3) is 9.37. The van der Waals surface area contributed by atoms with E-state index in [0.29, 0.717) is 11.8 Å². The number of aryl methyl sites for hydroxylation is 2. The average Bonchev–Trinajstić information content (AvgIpc) is 3.76. The van der Waals surface area contributed by atoms with Gasteiger partial charge in [0.25, 0.3) is 0 Å². The van der Waals surface area contributed by atoms with Gasteiger partial charge in [-0.2, -0.15) is 5.10 Å². The molecule has 2 unspecified atom stereocenters. The summed E-state index contributed by atoms with van der Waals surface area (Å²) in [6.07, 6.45) is 14.3. The Morgan fingerprint density at radius 2 is 1.79 bits per heavy atom. The summed E-state index contributed by atoms with van der Waals surface area (Å²) in [6, 6.07) is 14.1. The Balaban J connectivity index is 0.000000376. The first-order valence-corrected chi connectivity index (χ1v) is 18.4. The molecular formula is C41H55N7O4. The van der Waals surface area contributed by atoms with Crippen LogP contribution in [-0.2, 0) is 21.3 Å². The number of amides is 1. The number of hydrogen-bond acceptors (Lipinski definition) is 8. The van der Waals surface area contributed by atoms with Gasteiger partial charge in [-0.25, -0.2) is 14.5 Å². The van der Waals surface area contributed by atoms with Crippen LogP contribution in [0.4, 0.5) is 11.5 Å². The Kier molecular flexibility index (Phi) is 13.4. The summed E-state index contributed by atoms with van der Waals surface area (Å²) in [5.41, 5.74) is 6.06. The molecule has 4 heterocycles. The van der Waals surface area contributed by atoms with Crippen LogP contribution in [-0.4, -0.2) is 74.5 Å². The fourth-order valence-electron chi connectivity index (χ4n) is 6.86. The summed E-state index contributed by atoms with van der Waals surface area (Å²) in [5, 5.41) is 7.95. The third-order valence-electron chi connectivity index (χ3n) is 9.72. The normalized spacial score (nSPS) is 14.9. The molecule has 5 aromatic rings. The highest BCUT2D eigenvalue weighted by Gasteiger charge is 2.26. The topological polar surface area (TPSA) is 108 Å². The monoisotopic (exact) mass is 709 g/mol. The van der Waals surface area contributed by atoms with Crippen LogP contribution in [0.3, 0.4) is 0 Å². The number of anilines is 2. The number of hydrogen-bond donors (Lipinski definition) is 1. The van der Waals surface area contributed by atoms with Gasteiger partial charge in [0.05, 0.1) is 29.6 Å². The minimum atomic E-state index is 0.104. The van der Waals surface area contributed by atoms with Gasteiger partial charge in [0.1, 0.15) is 23.3 Å². The molecule has 0 aliphatic carbocycles. The van der Waals surface area contributed by atoms with Crippen molar-refractivity contribution >= 4 is 34.0 Å². The molecule has 1 saturated heterocycles. The number of carbonyl (C=O) groups excluding carboxylic acids is 1. The van der Waals surface area contributed by atoms with E-state index in [1.54, 1.807) is 33.0 Å². The van der Waals surface area contributed by atoms with Crippen molar-refractivity contribution in [2.45, 2.75) is 84.8 Å². The average molecular weight is 710 g/mol. The third-order valence-corrected chi connectivity index (χ3v) is 9.72. The molecule has 1 amide bonds. The number of fused-ring (bicyclic) bond motifs is 2. The Bertz CT molecular complexity index is 1940. The second-order valence-corrected chi connectivity index (χ2v) is 13.9. The summed E-state index contributed by atoms with van der Waals surface area (Å²) in [4.78, 5) is 23.4. The highest BCUT2D eigenvalue weighted by Crippen LogP contribution is 2.35. The van der Waals surface area contributed by atoms with Gasteiger partial charge in [0.15, 0.2) is 5.82 Å². The molecule has 2 atom stereocenters. The molecule has 0 spiro atoms. The van der Waals surface area contributed by atoms with E-state index in [-0.39, 0.29) is 18.1 Å². The number of benzene rings is 2.